The second-order valence-corrected chi connectivity index (χ2v) is 4.74. The van der Waals surface area contributed by atoms with Gasteiger partial charge in [-0.15, -0.1) is 0 Å². The van der Waals surface area contributed by atoms with Crippen molar-refractivity contribution in [1.29, 1.82) is 0 Å². The smallest absolute Gasteiger partial charge is 0.109 e. The number of benzene rings is 1. The van der Waals surface area contributed by atoms with E-state index in [1.807, 2.05) is 30.5 Å². The van der Waals surface area contributed by atoms with Gasteiger partial charge >= 0.3 is 0 Å². The van der Waals surface area contributed by atoms with Crippen molar-refractivity contribution in [3.05, 3.63) is 36.0 Å². The van der Waals surface area contributed by atoms with E-state index in [1.165, 1.54) is 0 Å². The Labute approximate surface area is 106 Å². The maximum absolute atomic E-state index is 13.5. The molecule has 1 fully saturated rings. The van der Waals surface area contributed by atoms with Crippen LogP contribution in [0.3, 0.4) is 0 Å². The van der Waals surface area contributed by atoms with Crippen LogP contribution >= 0.6 is 0 Å². The number of hydrogen-bond donors (Lipinski definition) is 2. The van der Waals surface area contributed by atoms with Crippen molar-refractivity contribution < 1.29 is 4.39 Å². The van der Waals surface area contributed by atoms with Crippen molar-refractivity contribution in [2.45, 2.75) is 6.04 Å². The zero-order valence-electron chi connectivity index (χ0n) is 10.3. The Bertz CT molecular complexity index is 516. The Balaban J connectivity index is 1.97. The largest absolute Gasteiger partial charge is 0.361 e. The predicted molar refractivity (Wildman–Crippen MR) is 71.5 cm³/mol. The third kappa shape index (κ3) is 2.02. The molecule has 0 spiro atoms. The molecular weight excluding hydrogens is 229 g/mol. The van der Waals surface area contributed by atoms with E-state index in [2.05, 4.69) is 15.2 Å². The van der Waals surface area contributed by atoms with Crippen molar-refractivity contribution >= 4 is 10.9 Å². The van der Waals surface area contributed by atoms with Gasteiger partial charge in [0, 0.05) is 43.3 Å². The number of aromatic amines is 1. The van der Waals surface area contributed by atoms with E-state index in [4.69, 9.17) is 0 Å². The van der Waals surface area contributed by atoms with Crippen molar-refractivity contribution in [2.24, 2.45) is 0 Å². The van der Waals surface area contributed by atoms with Gasteiger partial charge in [0.25, 0.3) is 0 Å². The Kier molecular flexibility index (Phi) is 3.30. The van der Waals surface area contributed by atoms with E-state index >= 15 is 0 Å². The third-order valence-electron chi connectivity index (χ3n) is 3.73. The highest BCUT2D eigenvalue weighted by Crippen LogP contribution is 2.28. The lowest BCUT2D eigenvalue weighted by Gasteiger charge is -2.34. The lowest BCUT2D eigenvalue weighted by molar-refractivity contribution is 0.148. The fraction of sp³-hybridized carbons (Fsp3) is 0.429. The first kappa shape index (κ1) is 11.7. The predicted octanol–water partition coefficient (Wildman–Crippen LogP) is 2.08. The first-order chi connectivity index (χ1) is 8.90. The number of fused-ring (bicyclic) bond motifs is 1. The number of halogens is 1. The summed E-state index contributed by atoms with van der Waals surface area (Å²) in [7, 11) is 0. The summed E-state index contributed by atoms with van der Waals surface area (Å²) in [5.41, 5.74) is 2.18. The van der Waals surface area contributed by atoms with E-state index < -0.39 is 0 Å². The molecule has 1 aromatic carbocycles. The van der Waals surface area contributed by atoms with E-state index in [9.17, 15) is 4.39 Å². The van der Waals surface area contributed by atoms with Crippen LogP contribution in [0.15, 0.2) is 30.5 Å². The first-order valence-corrected chi connectivity index (χ1v) is 6.47. The van der Waals surface area contributed by atoms with Gasteiger partial charge in [-0.05, 0) is 17.7 Å². The zero-order chi connectivity index (χ0) is 12.4. The first-order valence-electron chi connectivity index (χ1n) is 6.47. The molecule has 1 saturated heterocycles. The van der Waals surface area contributed by atoms with Crippen LogP contribution in [-0.2, 0) is 0 Å². The summed E-state index contributed by atoms with van der Waals surface area (Å²) in [5.74, 6) is 0. The number of alkyl halides is 1. The lowest BCUT2D eigenvalue weighted by Crippen LogP contribution is -2.45. The summed E-state index contributed by atoms with van der Waals surface area (Å²) in [6.45, 7) is 3.38. The van der Waals surface area contributed by atoms with Crippen LogP contribution in [-0.4, -0.2) is 42.7 Å². The van der Waals surface area contributed by atoms with Crippen molar-refractivity contribution in [3.63, 3.8) is 0 Å². The lowest BCUT2D eigenvalue weighted by atomic mass is 10.0. The monoisotopic (exact) mass is 247 g/mol. The van der Waals surface area contributed by atoms with Gasteiger partial charge in [-0.2, -0.15) is 0 Å². The van der Waals surface area contributed by atoms with E-state index in [-0.39, 0.29) is 12.7 Å². The molecule has 1 aliphatic heterocycles. The topological polar surface area (TPSA) is 31.1 Å². The molecule has 18 heavy (non-hydrogen) atoms. The average Bonchev–Trinajstić information content (AvgIpc) is 2.90. The molecule has 96 valence electrons. The van der Waals surface area contributed by atoms with Crippen molar-refractivity contribution in [1.82, 2.24) is 15.2 Å². The summed E-state index contributed by atoms with van der Waals surface area (Å²) in [6.07, 6.45) is 1.92. The molecule has 0 radical (unpaired) electrons. The molecule has 2 heterocycles. The third-order valence-corrected chi connectivity index (χ3v) is 3.73. The molecule has 1 atom stereocenters. The molecule has 0 aliphatic carbocycles. The fourth-order valence-electron chi connectivity index (χ4n) is 2.77. The second-order valence-electron chi connectivity index (χ2n) is 4.74. The standard InChI is InChI=1S/C14H18FN3/c15-10-14(18-8-6-16-7-9-18)12-2-1-3-13-11(12)4-5-17-13/h1-5,14,16-17H,6-10H2/t14-/m0/s1. The van der Waals surface area contributed by atoms with Crippen LogP contribution in [0.5, 0.6) is 0 Å². The Morgan fingerprint density at radius 3 is 2.83 bits per heavy atom. The molecule has 4 heteroatoms. The number of nitrogens with zero attached hydrogens (tertiary/aromatic N) is 1. The highest BCUT2D eigenvalue weighted by molar-refractivity contribution is 5.83. The summed E-state index contributed by atoms with van der Waals surface area (Å²) >= 11 is 0. The van der Waals surface area contributed by atoms with Crippen molar-refractivity contribution in [3.8, 4) is 0 Å². The Hall–Kier alpha value is -1.39. The number of nitrogens with one attached hydrogen (secondary N) is 2. The molecule has 1 aliphatic rings. The summed E-state index contributed by atoms with van der Waals surface area (Å²) in [6, 6.07) is 8.00. The van der Waals surface area contributed by atoms with Gasteiger partial charge in [0.2, 0.25) is 0 Å². The van der Waals surface area contributed by atoms with Crippen LogP contribution in [0.2, 0.25) is 0 Å². The summed E-state index contributed by atoms with van der Waals surface area (Å²) < 4.78 is 13.5. The Morgan fingerprint density at radius 1 is 1.22 bits per heavy atom. The highest BCUT2D eigenvalue weighted by atomic mass is 19.1. The van der Waals surface area contributed by atoms with Gasteiger partial charge in [-0.1, -0.05) is 12.1 Å². The van der Waals surface area contributed by atoms with Gasteiger partial charge in [-0.25, -0.2) is 4.39 Å². The van der Waals surface area contributed by atoms with Gasteiger partial charge < -0.3 is 10.3 Å². The summed E-state index contributed by atoms with van der Waals surface area (Å²) in [5, 5.41) is 4.44. The molecule has 0 saturated carbocycles. The Morgan fingerprint density at radius 2 is 2.06 bits per heavy atom. The minimum absolute atomic E-state index is 0.119. The van der Waals surface area contributed by atoms with Gasteiger partial charge in [0.1, 0.15) is 6.67 Å². The van der Waals surface area contributed by atoms with Crippen LogP contribution < -0.4 is 5.32 Å². The van der Waals surface area contributed by atoms with Gasteiger partial charge in [0.05, 0.1) is 6.04 Å². The van der Waals surface area contributed by atoms with E-state index in [1.54, 1.807) is 0 Å². The number of H-pyrrole nitrogens is 1. The number of piperazine rings is 1. The SMILES string of the molecule is FC[C@@H](c1cccc2[nH]ccc12)N1CCNCC1. The number of aromatic nitrogens is 1. The van der Waals surface area contributed by atoms with E-state index in [0.29, 0.717) is 0 Å². The van der Waals surface area contributed by atoms with Gasteiger partial charge in [-0.3, -0.25) is 4.90 Å². The zero-order valence-corrected chi connectivity index (χ0v) is 10.3. The molecule has 2 N–H and O–H groups in total. The van der Waals surface area contributed by atoms with Crippen LogP contribution in [0.25, 0.3) is 10.9 Å². The molecule has 1 aromatic heterocycles. The van der Waals surface area contributed by atoms with E-state index in [0.717, 1.165) is 42.6 Å². The molecule has 3 nitrogen and oxygen atoms in total. The average molecular weight is 247 g/mol. The normalized spacial score (nSPS) is 19.2. The molecule has 3 rings (SSSR count). The fourth-order valence-corrected chi connectivity index (χ4v) is 2.77. The van der Waals surface area contributed by atoms with Crippen LogP contribution in [0.4, 0.5) is 4.39 Å². The quantitative estimate of drug-likeness (QED) is 0.870. The maximum Gasteiger partial charge on any atom is 0.109 e. The molecular formula is C14H18FN3. The maximum atomic E-state index is 13.5. The van der Waals surface area contributed by atoms with Gasteiger partial charge in [0.15, 0.2) is 0 Å². The number of rotatable bonds is 3. The molecule has 0 amide bonds. The molecule has 2 aromatic rings. The van der Waals surface area contributed by atoms with Crippen LogP contribution in [0, 0.1) is 0 Å². The van der Waals surface area contributed by atoms with Crippen LogP contribution in [0.1, 0.15) is 11.6 Å². The molecule has 0 bridgehead atoms. The number of hydrogen-bond acceptors (Lipinski definition) is 2. The minimum Gasteiger partial charge on any atom is -0.361 e. The highest BCUT2D eigenvalue weighted by Gasteiger charge is 2.23. The van der Waals surface area contributed by atoms with Crippen molar-refractivity contribution in [2.75, 3.05) is 32.9 Å². The summed E-state index contributed by atoms with van der Waals surface area (Å²) in [4.78, 5) is 5.42. The minimum atomic E-state index is -0.329. The second kappa shape index (κ2) is 5.08. The molecule has 0 unspecified atom stereocenters.